The number of non-ortho nitro benzene ring substituents is 1. The minimum Gasteiger partial charge on any atom is -0.457 e. The number of rotatable bonds is 5. The van der Waals surface area contributed by atoms with Crippen LogP contribution in [0.1, 0.15) is 16.3 Å². The van der Waals surface area contributed by atoms with E-state index in [1.165, 1.54) is 47.7 Å². The standard InChI is InChI=1S/C23H12F3N3O3S/c24-23(25,26)17-5-1-4-15(9-17)21-8-7-19(32-21)11-16(12-27)22-28-20(13-33-22)14-3-2-6-18(10-14)29(30)31/h1-11,13H. The topological polar surface area (TPSA) is 93.0 Å². The van der Waals surface area contributed by atoms with Crippen molar-refractivity contribution in [3.05, 3.63) is 92.5 Å². The molecule has 0 amide bonds. The average molecular weight is 467 g/mol. The predicted octanol–water partition coefficient (Wildman–Crippen LogP) is 7.06. The number of allylic oxidation sites excluding steroid dienone is 1. The Balaban J connectivity index is 1.62. The quantitative estimate of drug-likeness (QED) is 0.178. The Morgan fingerprint density at radius 3 is 2.61 bits per heavy atom. The lowest BCUT2D eigenvalue weighted by Crippen LogP contribution is -2.04. The van der Waals surface area contributed by atoms with Crippen molar-refractivity contribution in [3.8, 4) is 28.7 Å². The maximum absolute atomic E-state index is 13.0. The smallest absolute Gasteiger partial charge is 0.416 e. The van der Waals surface area contributed by atoms with E-state index in [1.54, 1.807) is 23.6 Å². The van der Waals surface area contributed by atoms with Crippen LogP contribution in [-0.4, -0.2) is 9.91 Å². The van der Waals surface area contributed by atoms with Crippen LogP contribution in [0.2, 0.25) is 0 Å². The van der Waals surface area contributed by atoms with E-state index in [9.17, 15) is 28.5 Å². The van der Waals surface area contributed by atoms with E-state index < -0.39 is 16.7 Å². The largest absolute Gasteiger partial charge is 0.457 e. The lowest BCUT2D eigenvalue weighted by Gasteiger charge is -2.07. The summed E-state index contributed by atoms with van der Waals surface area (Å²) in [5.74, 6) is 0.493. The number of hydrogen-bond donors (Lipinski definition) is 0. The van der Waals surface area contributed by atoms with Crippen molar-refractivity contribution >= 4 is 28.7 Å². The number of nitrogens with zero attached hydrogens (tertiary/aromatic N) is 3. The molecule has 0 bridgehead atoms. The van der Waals surface area contributed by atoms with E-state index in [-0.39, 0.29) is 28.3 Å². The summed E-state index contributed by atoms with van der Waals surface area (Å²) >= 11 is 1.18. The van der Waals surface area contributed by atoms with Gasteiger partial charge < -0.3 is 4.42 Å². The molecule has 0 aliphatic heterocycles. The first kappa shape index (κ1) is 22.0. The van der Waals surface area contributed by atoms with Crippen molar-refractivity contribution in [1.29, 1.82) is 5.26 Å². The Labute approximate surface area is 189 Å². The molecular formula is C23H12F3N3O3S. The molecule has 0 atom stereocenters. The van der Waals surface area contributed by atoms with E-state index in [1.807, 2.05) is 6.07 Å². The third-order valence-electron chi connectivity index (χ3n) is 4.60. The highest BCUT2D eigenvalue weighted by Gasteiger charge is 2.30. The fraction of sp³-hybridized carbons (Fsp3) is 0.0435. The Bertz CT molecular complexity index is 1410. The van der Waals surface area contributed by atoms with Gasteiger partial charge in [0.1, 0.15) is 22.6 Å². The zero-order valence-electron chi connectivity index (χ0n) is 16.5. The van der Waals surface area contributed by atoms with Crippen LogP contribution in [-0.2, 0) is 6.18 Å². The highest BCUT2D eigenvalue weighted by molar-refractivity contribution is 7.11. The van der Waals surface area contributed by atoms with Crippen LogP contribution in [0.4, 0.5) is 18.9 Å². The molecule has 0 fully saturated rings. The first-order chi connectivity index (χ1) is 15.7. The average Bonchev–Trinajstić information content (AvgIpc) is 3.47. The molecule has 0 unspecified atom stereocenters. The zero-order valence-corrected chi connectivity index (χ0v) is 17.4. The number of thiazole rings is 1. The second-order valence-electron chi connectivity index (χ2n) is 6.80. The summed E-state index contributed by atoms with van der Waals surface area (Å²) < 4.78 is 44.5. The van der Waals surface area contributed by atoms with Gasteiger partial charge in [-0.3, -0.25) is 10.1 Å². The van der Waals surface area contributed by atoms with E-state index in [0.29, 0.717) is 16.3 Å². The van der Waals surface area contributed by atoms with Gasteiger partial charge in [-0.15, -0.1) is 11.3 Å². The number of alkyl halides is 3. The van der Waals surface area contributed by atoms with E-state index >= 15 is 0 Å². The van der Waals surface area contributed by atoms with Crippen molar-refractivity contribution < 1.29 is 22.5 Å². The molecule has 2 heterocycles. The van der Waals surface area contributed by atoms with Crippen LogP contribution in [0.15, 0.2) is 70.5 Å². The lowest BCUT2D eigenvalue weighted by atomic mass is 10.1. The fourth-order valence-corrected chi connectivity index (χ4v) is 3.82. The van der Waals surface area contributed by atoms with Gasteiger partial charge in [-0.25, -0.2) is 4.98 Å². The molecule has 10 heteroatoms. The van der Waals surface area contributed by atoms with Crippen molar-refractivity contribution in [2.75, 3.05) is 0 Å². The Morgan fingerprint density at radius 1 is 1.12 bits per heavy atom. The van der Waals surface area contributed by atoms with Gasteiger partial charge >= 0.3 is 6.18 Å². The first-order valence-electron chi connectivity index (χ1n) is 9.34. The van der Waals surface area contributed by atoms with Crippen molar-refractivity contribution in [1.82, 2.24) is 4.98 Å². The van der Waals surface area contributed by atoms with E-state index in [2.05, 4.69) is 4.98 Å². The summed E-state index contributed by atoms with van der Waals surface area (Å²) in [5, 5.41) is 22.6. The molecule has 0 saturated carbocycles. The summed E-state index contributed by atoms with van der Waals surface area (Å²) in [6.45, 7) is 0. The van der Waals surface area contributed by atoms with Gasteiger partial charge in [0.05, 0.1) is 21.8 Å². The molecule has 0 aliphatic rings. The molecule has 0 saturated heterocycles. The number of aromatic nitrogens is 1. The third kappa shape index (κ3) is 4.83. The molecule has 2 aromatic heterocycles. The van der Waals surface area contributed by atoms with Gasteiger partial charge in [0.15, 0.2) is 0 Å². The molecule has 0 aliphatic carbocycles. The van der Waals surface area contributed by atoms with Crippen LogP contribution in [0, 0.1) is 21.4 Å². The van der Waals surface area contributed by atoms with Gasteiger partial charge in [0.25, 0.3) is 5.69 Å². The third-order valence-corrected chi connectivity index (χ3v) is 5.47. The molecule has 33 heavy (non-hydrogen) atoms. The van der Waals surface area contributed by atoms with Crippen molar-refractivity contribution in [2.24, 2.45) is 0 Å². The first-order valence-corrected chi connectivity index (χ1v) is 10.2. The summed E-state index contributed by atoms with van der Waals surface area (Å²) in [5.41, 5.74) is 0.586. The Hall–Kier alpha value is -4.23. The molecule has 0 N–H and O–H groups in total. The number of benzene rings is 2. The number of furan rings is 1. The maximum Gasteiger partial charge on any atom is 0.416 e. The van der Waals surface area contributed by atoms with Gasteiger partial charge in [0, 0.05) is 34.7 Å². The van der Waals surface area contributed by atoms with Gasteiger partial charge in [-0.1, -0.05) is 24.3 Å². The number of halogens is 3. The van der Waals surface area contributed by atoms with Gasteiger partial charge in [-0.05, 0) is 24.3 Å². The van der Waals surface area contributed by atoms with Crippen LogP contribution in [0.5, 0.6) is 0 Å². The normalized spacial score (nSPS) is 11.9. The lowest BCUT2D eigenvalue weighted by molar-refractivity contribution is -0.384. The number of nitro benzene ring substituents is 1. The van der Waals surface area contributed by atoms with Crippen LogP contribution in [0.3, 0.4) is 0 Å². The fourth-order valence-electron chi connectivity index (χ4n) is 3.03. The molecule has 164 valence electrons. The van der Waals surface area contributed by atoms with Crippen LogP contribution >= 0.6 is 11.3 Å². The van der Waals surface area contributed by atoms with Gasteiger partial charge in [-0.2, -0.15) is 18.4 Å². The molecule has 2 aromatic carbocycles. The van der Waals surface area contributed by atoms with Crippen LogP contribution < -0.4 is 0 Å². The number of nitriles is 1. The zero-order chi connectivity index (χ0) is 23.6. The summed E-state index contributed by atoms with van der Waals surface area (Å²) in [7, 11) is 0. The number of hydrogen-bond acceptors (Lipinski definition) is 6. The van der Waals surface area contributed by atoms with E-state index in [4.69, 9.17) is 4.42 Å². The monoisotopic (exact) mass is 467 g/mol. The summed E-state index contributed by atoms with van der Waals surface area (Å²) in [6, 6.07) is 15.8. The molecule has 4 rings (SSSR count). The molecule has 6 nitrogen and oxygen atoms in total. The maximum atomic E-state index is 13.0. The highest BCUT2D eigenvalue weighted by Crippen LogP contribution is 2.34. The highest BCUT2D eigenvalue weighted by atomic mass is 32.1. The minimum atomic E-state index is -4.47. The Kier molecular flexibility index (Phi) is 5.81. The van der Waals surface area contributed by atoms with Crippen molar-refractivity contribution in [3.63, 3.8) is 0 Å². The SMILES string of the molecule is N#CC(=Cc1ccc(-c2cccc(C(F)(F)F)c2)o1)c1nc(-c2cccc([N+](=O)[O-])c2)cs1. The van der Waals surface area contributed by atoms with E-state index in [0.717, 1.165) is 12.1 Å². The van der Waals surface area contributed by atoms with Crippen molar-refractivity contribution in [2.45, 2.75) is 6.18 Å². The predicted molar refractivity (Wildman–Crippen MR) is 117 cm³/mol. The second kappa shape index (κ2) is 8.72. The summed E-state index contributed by atoms with van der Waals surface area (Å²) in [4.78, 5) is 14.9. The second-order valence-corrected chi connectivity index (χ2v) is 7.65. The van der Waals surface area contributed by atoms with Gasteiger partial charge in [0.2, 0.25) is 0 Å². The minimum absolute atomic E-state index is 0.0733. The Morgan fingerprint density at radius 2 is 1.88 bits per heavy atom. The molecular weight excluding hydrogens is 455 g/mol. The number of nitro groups is 1. The molecule has 0 spiro atoms. The summed E-state index contributed by atoms with van der Waals surface area (Å²) in [6.07, 6.45) is -3.03. The van der Waals surface area contributed by atoms with Crippen LogP contribution in [0.25, 0.3) is 34.2 Å². The molecule has 4 aromatic rings. The molecule has 0 radical (unpaired) electrons.